The van der Waals surface area contributed by atoms with Crippen LogP contribution in [0.3, 0.4) is 0 Å². The highest BCUT2D eigenvalue weighted by Gasteiger charge is 2.41. The Kier molecular flexibility index (Phi) is 5.07. The molecule has 0 spiro atoms. The molecule has 3 atom stereocenters. The minimum atomic E-state index is -0.320. The molecule has 0 heterocycles. The molecule has 3 nitrogen and oxygen atoms in total. The summed E-state index contributed by atoms with van der Waals surface area (Å²) in [5, 5.41) is 0. The summed E-state index contributed by atoms with van der Waals surface area (Å²) in [6.07, 6.45) is 10.0. The van der Waals surface area contributed by atoms with E-state index in [1.54, 1.807) is 6.07 Å². The van der Waals surface area contributed by atoms with Gasteiger partial charge in [-0.1, -0.05) is 38.8 Å². The summed E-state index contributed by atoms with van der Waals surface area (Å²) < 4.78 is 4.85. The first-order chi connectivity index (χ1) is 11.5. The van der Waals surface area contributed by atoms with Crippen molar-refractivity contribution in [1.82, 2.24) is 0 Å². The first-order valence-corrected chi connectivity index (χ1v) is 9.23. The maximum Gasteiger partial charge on any atom is 0.340 e. The molecule has 0 radical (unpaired) electrons. The maximum atomic E-state index is 11.9. The smallest absolute Gasteiger partial charge is 0.340 e. The zero-order valence-electron chi connectivity index (χ0n) is 15.1. The van der Waals surface area contributed by atoms with Gasteiger partial charge in [-0.3, -0.25) is 4.99 Å². The van der Waals surface area contributed by atoms with E-state index in [1.807, 2.05) is 18.2 Å². The molecule has 0 amide bonds. The summed E-state index contributed by atoms with van der Waals surface area (Å²) in [5.74, 6) is 1.92. The molecule has 130 valence electrons. The third kappa shape index (κ3) is 3.55. The molecular formula is C21H29NO2. The minimum absolute atomic E-state index is 0.320. The van der Waals surface area contributed by atoms with E-state index in [9.17, 15) is 4.79 Å². The first kappa shape index (κ1) is 17.2. The van der Waals surface area contributed by atoms with Crippen LogP contribution in [0.5, 0.6) is 0 Å². The van der Waals surface area contributed by atoms with Gasteiger partial charge in [-0.25, -0.2) is 4.79 Å². The Hall–Kier alpha value is -1.64. The SMILES string of the molecule is COC(=O)c1ccccc1N=CC1CCC2CCCC(C)(C)C2C1. The molecule has 0 aliphatic heterocycles. The number of carbonyl (C=O) groups is 1. The van der Waals surface area contributed by atoms with E-state index < -0.39 is 0 Å². The third-order valence-electron chi connectivity index (χ3n) is 6.17. The van der Waals surface area contributed by atoms with Crippen LogP contribution in [0.2, 0.25) is 0 Å². The standard InChI is InChI=1S/C21H29NO2/c1-21(2)12-6-7-16-11-10-15(13-18(16)21)14-22-19-9-5-4-8-17(19)20(23)24-3/h4-5,8-9,14-16,18H,6-7,10-13H2,1-3H3. The molecule has 2 fully saturated rings. The van der Waals surface area contributed by atoms with Crippen LogP contribution in [0.15, 0.2) is 29.3 Å². The fourth-order valence-corrected chi connectivity index (χ4v) is 4.76. The molecule has 0 bridgehead atoms. The van der Waals surface area contributed by atoms with Crippen molar-refractivity contribution in [3.8, 4) is 0 Å². The molecule has 2 aliphatic carbocycles. The lowest BCUT2D eigenvalue weighted by molar-refractivity contribution is 0.0309. The molecule has 3 heteroatoms. The average molecular weight is 327 g/mol. The van der Waals surface area contributed by atoms with Gasteiger partial charge in [0.2, 0.25) is 0 Å². The van der Waals surface area contributed by atoms with Gasteiger partial charge in [-0.05, 0) is 61.0 Å². The number of para-hydroxylation sites is 1. The van der Waals surface area contributed by atoms with Gasteiger partial charge in [-0.15, -0.1) is 0 Å². The van der Waals surface area contributed by atoms with E-state index >= 15 is 0 Å². The molecule has 1 aromatic carbocycles. The summed E-state index contributed by atoms with van der Waals surface area (Å²) in [7, 11) is 1.41. The van der Waals surface area contributed by atoms with Gasteiger partial charge in [0.15, 0.2) is 0 Å². The van der Waals surface area contributed by atoms with Gasteiger partial charge < -0.3 is 4.74 Å². The number of ether oxygens (including phenoxy) is 1. The Balaban J connectivity index is 1.73. The monoisotopic (exact) mass is 327 g/mol. The van der Waals surface area contributed by atoms with E-state index in [-0.39, 0.29) is 5.97 Å². The second kappa shape index (κ2) is 7.08. The van der Waals surface area contributed by atoms with Gasteiger partial charge in [0.05, 0.1) is 18.4 Å². The number of benzene rings is 1. The molecule has 2 saturated carbocycles. The van der Waals surface area contributed by atoms with Crippen LogP contribution in [0.4, 0.5) is 5.69 Å². The maximum absolute atomic E-state index is 11.9. The molecule has 1 aromatic rings. The van der Waals surface area contributed by atoms with Crippen LogP contribution in [0, 0.1) is 23.2 Å². The Labute approximate surface area is 145 Å². The predicted molar refractivity (Wildman–Crippen MR) is 97.9 cm³/mol. The molecule has 2 aliphatic rings. The van der Waals surface area contributed by atoms with E-state index in [0.29, 0.717) is 16.9 Å². The normalized spacial score (nSPS) is 29.2. The number of methoxy groups -OCH3 is 1. The van der Waals surface area contributed by atoms with Crippen LogP contribution >= 0.6 is 0 Å². The lowest BCUT2D eigenvalue weighted by Gasteiger charge is -2.48. The quantitative estimate of drug-likeness (QED) is 0.549. The molecule has 0 N–H and O–H groups in total. The fourth-order valence-electron chi connectivity index (χ4n) is 4.76. The summed E-state index contributed by atoms with van der Waals surface area (Å²) >= 11 is 0. The zero-order chi connectivity index (χ0) is 17.2. The number of rotatable bonds is 3. The van der Waals surface area contributed by atoms with Gasteiger partial charge >= 0.3 is 5.97 Å². The molecular weight excluding hydrogens is 298 g/mol. The molecule has 3 rings (SSSR count). The van der Waals surface area contributed by atoms with Crippen molar-refractivity contribution in [2.45, 2.75) is 52.4 Å². The van der Waals surface area contributed by atoms with E-state index in [4.69, 9.17) is 4.74 Å². The van der Waals surface area contributed by atoms with Crippen molar-refractivity contribution in [2.24, 2.45) is 28.2 Å². The molecule has 0 aromatic heterocycles. The Morgan fingerprint density at radius 1 is 1.25 bits per heavy atom. The molecule has 0 saturated heterocycles. The van der Waals surface area contributed by atoms with Crippen molar-refractivity contribution in [3.63, 3.8) is 0 Å². The van der Waals surface area contributed by atoms with Crippen LogP contribution in [-0.4, -0.2) is 19.3 Å². The summed E-state index contributed by atoms with van der Waals surface area (Å²) in [6.45, 7) is 4.88. The first-order valence-electron chi connectivity index (χ1n) is 9.23. The van der Waals surface area contributed by atoms with Gasteiger partial charge in [0, 0.05) is 6.21 Å². The van der Waals surface area contributed by atoms with E-state index in [2.05, 4.69) is 25.1 Å². The van der Waals surface area contributed by atoms with E-state index in [0.717, 1.165) is 17.5 Å². The number of esters is 1. The van der Waals surface area contributed by atoms with Crippen LogP contribution in [0.25, 0.3) is 0 Å². The third-order valence-corrected chi connectivity index (χ3v) is 6.17. The van der Waals surface area contributed by atoms with Crippen molar-refractivity contribution in [1.29, 1.82) is 0 Å². The lowest BCUT2D eigenvalue weighted by Crippen LogP contribution is -2.39. The highest BCUT2D eigenvalue weighted by molar-refractivity contribution is 5.95. The number of aliphatic imine (C=N–C) groups is 1. The number of carbonyl (C=O) groups excluding carboxylic acids is 1. The Morgan fingerprint density at radius 2 is 2.04 bits per heavy atom. The molecule has 24 heavy (non-hydrogen) atoms. The number of hydrogen-bond acceptors (Lipinski definition) is 3. The summed E-state index contributed by atoms with van der Waals surface area (Å²) in [6, 6.07) is 7.43. The Morgan fingerprint density at radius 3 is 2.83 bits per heavy atom. The Bertz CT molecular complexity index is 620. The molecule has 3 unspecified atom stereocenters. The lowest BCUT2D eigenvalue weighted by atomic mass is 9.57. The zero-order valence-corrected chi connectivity index (χ0v) is 15.1. The number of nitrogens with zero attached hydrogens (tertiary/aromatic N) is 1. The fraction of sp³-hybridized carbons (Fsp3) is 0.619. The largest absolute Gasteiger partial charge is 0.465 e. The topological polar surface area (TPSA) is 38.7 Å². The summed E-state index contributed by atoms with van der Waals surface area (Å²) in [5.41, 5.74) is 1.72. The van der Waals surface area contributed by atoms with Gasteiger partial charge in [0.25, 0.3) is 0 Å². The average Bonchev–Trinajstić information content (AvgIpc) is 2.59. The number of fused-ring (bicyclic) bond motifs is 1. The second-order valence-electron chi connectivity index (χ2n) is 8.11. The van der Waals surface area contributed by atoms with Crippen LogP contribution in [-0.2, 0) is 4.74 Å². The van der Waals surface area contributed by atoms with Crippen LogP contribution < -0.4 is 0 Å². The van der Waals surface area contributed by atoms with Crippen molar-refractivity contribution < 1.29 is 9.53 Å². The highest BCUT2D eigenvalue weighted by atomic mass is 16.5. The minimum Gasteiger partial charge on any atom is -0.465 e. The second-order valence-corrected chi connectivity index (χ2v) is 8.11. The summed E-state index contributed by atoms with van der Waals surface area (Å²) in [4.78, 5) is 16.5. The number of hydrogen-bond donors (Lipinski definition) is 0. The predicted octanol–water partition coefficient (Wildman–Crippen LogP) is 5.42. The van der Waals surface area contributed by atoms with Crippen molar-refractivity contribution >= 4 is 17.9 Å². The van der Waals surface area contributed by atoms with Gasteiger partial charge in [-0.2, -0.15) is 0 Å². The van der Waals surface area contributed by atoms with Crippen LogP contribution in [0.1, 0.15) is 62.7 Å². The van der Waals surface area contributed by atoms with Gasteiger partial charge in [0.1, 0.15) is 0 Å². The van der Waals surface area contributed by atoms with E-state index in [1.165, 1.54) is 45.6 Å². The van der Waals surface area contributed by atoms with Crippen molar-refractivity contribution in [2.75, 3.05) is 7.11 Å². The van der Waals surface area contributed by atoms with Crippen molar-refractivity contribution in [3.05, 3.63) is 29.8 Å². The highest BCUT2D eigenvalue weighted by Crippen LogP contribution is 2.51.